The molecule has 0 aliphatic heterocycles. The second-order valence-corrected chi connectivity index (χ2v) is 9.99. The molecule has 154 valence electrons. The molecule has 1 unspecified atom stereocenters. The Balaban J connectivity index is 2.33. The fourth-order valence-corrected chi connectivity index (χ4v) is 3.61. The van der Waals surface area contributed by atoms with E-state index in [1.54, 1.807) is 43.3 Å². The maximum atomic E-state index is 15.2. The van der Waals surface area contributed by atoms with E-state index in [0.717, 1.165) is 5.56 Å². The molecule has 7 heteroatoms. The molecule has 0 amide bonds. The number of nitrogens with one attached hydrogen (secondary N) is 1. The van der Waals surface area contributed by atoms with Crippen LogP contribution >= 0.6 is 11.6 Å². The molecule has 3 atom stereocenters. The molecule has 0 saturated heterocycles. The van der Waals surface area contributed by atoms with Crippen LogP contribution in [0.2, 0.25) is 5.02 Å². The van der Waals surface area contributed by atoms with Crippen LogP contribution in [0.1, 0.15) is 64.3 Å². The summed E-state index contributed by atoms with van der Waals surface area (Å²) < 4.78 is 35.9. The number of ether oxygens (including phenoxy) is 1. The Bertz CT molecular complexity index is 835. The normalized spacial score (nSPS) is 15.1. The van der Waals surface area contributed by atoms with Gasteiger partial charge in [-0.15, -0.1) is 0 Å². The number of benzene rings is 2. The molecular weight excluding hydrogens is 401 g/mol. The van der Waals surface area contributed by atoms with Gasteiger partial charge in [-0.2, -0.15) is 0 Å². The van der Waals surface area contributed by atoms with Crippen molar-refractivity contribution in [3.8, 4) is 11.5 Å². The SMILES string of the molecule is CC[C@@H](N[S@](=O)C(C)(C)C)c1ccc(Cl)c(Oc2ccc(C(C)O)cc2)c1F. The highest BCUT2D eigenvalue weighted by atomic mass is 35.5. The molecule has 0 aliphatic carbocycles. The summed E-state index contributed by atoms with van der Waals surface area (Å²) in [5, 5.41) is 9.74. The molecule has 2 N–H and O–H groups in total. The predicted molar refractivity (Wildman–Crippen MR) is 113 cm³/mol. The van der Waals surface area contributed by atoms with Gasteiger partial charge in [0.2, 0.25) is 0 Å². The van der Waals surface area contributed by atoms with E-state index in [9.17, 15) is 9.32 Å². The Hall–Kier alpha value is -1.47. The number of aliphatic hydroxyl groups is 1. The van der Waals surface area contributed by atoms with E-state index in [1.165, 1.54) is 0 Å². The van der Waals surface area contributed by atoms with Crippen LogP contribution in [0.4, 0.5) is 4.39 Å². The fourth-order valence-electron chi connectivity index (χ4n) is 2.52. The smallest absolute Gasteiger partial charge is 0.181 e. The van der Waals surface area contributed by atoms with E-state index in [0.29, 0.717) is 17.7 Å². The van der Waals surface area contributed by atoms with Crippen LogP contribution in [0.3, 0.4) is 0 Å². The Kier molecular flexibility index (Phi) is 7.62. The third kappa shape index (κ3) is 5.54. The van der Waals surface area contributed by atoms with E-state index in [-0.39, 0.29) is 10.8 Å². The number of halogens is 2. The summed E-state index contributed by atoms with van der Waals surface area (Å²) in [5.41, 5.74) is 1.08. The zero-order valence-corrected chi connectivity index (χ0v) is 18.3. The van der Waals surface area contributed by atoms with Crippen molar-refractivity contribution in [2.24, 2.45) is 0 Å². The maximum absolute atomic E-state index is 15.2. The molecule has 0 aliphatic rings. The van der Waals surface area contributed by atoms with Crippen LogP contribution in [0.25, 0.3) is 0 Å². The molecule has 0 aromatic heterocycles. The average molecular weight is 428 g/mol. The molecule has 0 bridgehead atoms. The molecule has 2 rings (SSSR count). The highest BCUT2D eigenvalue weighted by Crippen LogP contribution is 2.37. The van der Waals surface area contributed by atoms with Crippen molar-refractivity contribution >= 4 is 22.6 Å². The van der Waals surface area contributed by atoms with Crippen LogP contribution in [0.15, 0.2) is 36.4 Å². The lowest BCUT2D eigenvalue weighted by molar-refractivity contribution is 0.199. The summed E-state index contributed by atoms with van der Waals surface area (Å²) in [5.74, 6) is -0.259. The summed E-state index contributed by atoms with van der Waals surface area (Å²) in [6, 6.07) is 9.42. The van der Waals surface area contributed by atoms with Gasteiger partial charge < -0.3 is 9.84 Å². The largest absolute Gasteiger partial charge is 0.453 e. The monoisotopic (exact) mass is 427 g/mol. The maximum Gasteiger partial charge on any atom is 0.181 e. The third-order valence-electron chi connectivity index (χ3n) is 4.25. The molecule has 2 aromatic carbocycles. The van der Waals surface area contributed by atoms with Crippen molar-refractivity contribution < 1.29 is 18.4 Å². The van der Waals surface area contributed by atoms with E-state index in [4.69, 9.17) is 16.3 Å². The van der Waals surface area contributed by atoms with E-state index in [1.807, 2.05) is 27.7 Å². The van der Waals surface area contributed by atoms with Crippen molar-refractivity contribution in [3.63, 3.8) is 0 Å². The van der Waals surface area contributed by atoms with Gasteiger partial charge in [0.05, 0.1) is 26.9 Å². The first-order chi connectivity index (χ1) is 13.0. The van der Waals surface area contributed by atoms with Crippen molar-refractivity contribution in [3.05, 3.63) is 58.4 Å². The van der Waals surface area contributed by atoms with Crippen molar-refractivity contribution in [1.29, 1.82) is 0 Å². The van der Waals surface area contributed by atoms with Gasteiger partial charge in [-0.05, 0) is 57.9 Å². The first-order valence-electron chi connectivity index (χ1n) is 9.16. The second-order valence-electron chi connectivity index (χ2n) is 7.59. The van der Waals surface area contributed by atoms with Crippen LogP contribution < -0.4 is 9.46 Å². The molecule has 4 nitrogen and oxygen atoms in total. The van der Waals surface area contributed by atoms with Gasteiger partial charge in [0.1, 0.15) is 5.75 Å². The van der Waals surface area contributed by atoms with Crippen LogP contribution in [-0.4, -0.2) is 14.1 Å². The minimum atomic E-state index is -1.35. The number of hydrogen-bond donors (Lipinski definition) is 2. The number of hydrogen-bond acceptors (Lipinski definition) is 3. The molecule has 28 heavy (non-hydrogen) atoms. The minimum absolute atomic E-state index is 0.0780. The first kappa shape index (κ1) is 22.8. The van der Waals surface area contributed by atoms with Gasteiger partial charge in [-0.25, -0.2) is 13.3 Å². The second kappa shape index (κ2) is 9.35. The van der Waals surface area contributed by atoms with Gasteiger partial charge >= 0.3 is 0 Å². The van der Waals surface area contributed by atoms with Crippen molar-refractivity contribution in [2.45, 2.75) is 57.9 Å². The Labute approximate surface area is 173 Å². The molecule has 0 radical (unpaired) electrons. The zero-order chi connectivity index (χ0) is 21.1. The first-order valence-corrected chi connectivity index (χ1v) is 10.7. The highest BCUT2D eigenvalue weighted by Gasteiger charge is 2.26. The average Bonchev–Trinajstić information content (AvgIpc) is 2.63. The Morgan fingerprint density at radius 2 is 1.82 bits per heavy atom. The van der Waals surface area contributed by atoms with Gasteiger partial charge in [-0.1, -0.05) is 36.7 Å². The molecule has 0 spiro atoms. The Morgan fingerprint density at radius 3 is 2.32 bits per heavy atom. The summed E-state index contributed by atoms with van der Waals surface area (Å²) in [6.07, 6.45) is -0.0547. The molecule has 0 fully saturated rings. The molecule has 2 aromatic rings. The standard InChI is InChI=1S/C21H27ClFNO3S/c1-6-18(24-28(26)21(3,4)5)16-11-12-17(22)20(19(16)23)27-15-9-7-14(8-10-15)13(2)25/h7-13,18,24-25H,6H2,1-5H3/t13?,18-,28-/m1/s1. The highest BCUT2D eigenvalue weighted by molar-refractivity contribution is 7.84. The van der Waals surface area contributed by atoms with Crippen LogP contribution in [-0.2, 0) is 11.0 Å². The molecule has 0 saturated carbocycles. The number of aliphatic hydroxyl groups excluding tert-OH is 1. The lowest BCUT2D eigenvalue weighted by Gasteiger charge is -2.24. The molecule has 0 heterocycles. The Morgan fingerprint density at radius 1 is 1.21 bits per heavy atom. The van der Waals surface area contributed by atoms with Crippen LogP contribution in [0.5, 0.6) is 11.5 Å². The lowest BCUT2D eigenvalue weighted by atomic mass is 10.0. The van der Waals surface area contributed by atoms with E-state index in [2.05, 4.69) is 4.72 Å². The van der Waals surface area contributed by atoms with Gasteiger partial charge in [0.15, 0.2) is 11.6 Å². The van der Waals surface area contributed by atoms with Crippen molar-refractivity contribution in [1.82, 2.24) is 4.72 Å². The van der Waals surface area contributed by atoms with Gasteiger partial charge in [0.25, 0.3) is 0 Å². The summed E-state index contributed by atoms with van der Waals surface area (Å²) in [4.78, 5) is 0. The van der Waals surface area contributed by atoms with E-state index >= 15 is 4.39 Å². The van der Waals surface area contributed by atoms with Gasteiger partial charge in [0, 0.05) is 11.6 Å². The van der Waals surface area contributed by atoms with Crippen LogP contribution in [0, 0.1) is 5.82 Å². The fraction of sp³-hybridized carbons (Fsp3) is 0.429. The summed E-state index contributed by atoms with van der Waals surface area (Å²) >= 11 is 6.17. The zero-order valence-electron chi connectivity index (χ0n) is 16.8. The van der Waals surface area contributed by atoms with Gasteiger partial charge in [-0.3, -0.25) is 0 Å². The quantitative estimate of drug-likeness (QED) is 0.584. The summed E-state index contributed by atoms with van der Waals surface area (Å²) in [6.45, 7) is 9.11. The summed E-state index contributed by atoms with van der Waals surface area (Å²) in [7, 11) is -1.35. The third-order valence-corrected chi connectivity index (χ3v) is 6.16. The van der Waals surface area contributed by atoms with Crippen molar-refractivity contribution in [2.75, 3.05) is 0 Å². The number of rotatable bonds is 7. The lowest BCUT2D eigenvalue weighted by Crippen LogP contribution is -2.35. The van der Waals surface area contributed by atoms with E-state index < -0.39 is 33.7 Å². The predicted octanol–water partition coefficient (Wildman–Crippen LogP) is 5.83. The molecular formula is C21H27ClFNO3S. The minimum Gasteiger partial charge on any atom is -0.453 e. The topological polar surface area (TPSA) is 58.6 Å².